The van der Waals surface area contributed by atoms with Crippen molar-refractivity contribution < 1.29 is 43.3 Å². The lowest BCUT2D eigenvalue weighted by Crippen LogP contribution is -2.62. The molecule has 2 saturated carbocycles. The van der Waals surface area contributed by atoms with Crippen LogP contribution in [-0.2, 0) is 38.2 Å². The summed E-state index contributed by atoms with van der Waals surface area (Å²) >= 11 is 0. The van der Waals surface area contributed by atoms with E-state index >= 15 is 0 Å². The smallest absolute Gasteiger partial charge is 0.308 e. The van der Waals surface area contributed by atoms with Crippen LogP contribution in [0.1, 0.15) is 66.7 Å². The van der Waals surface area contributed by atoms with Crippen LogP contribution in [0, 0.1) is 28.6 Å². The Morgan fingerprint density at radius 2 is 1.79 bits per heavy atom. The zero-order valence-corrected chi connectivity index (χ0v) is 22.6. The standard InChI is InChI=1S/C29H36O9/c1-6-24(34)36-15-23(33)29(38-25(35)7-2)11-9-19-18-13-22(37-16(3)30)20-12-17(31)8-10-27(20,4)26(18)21(32)14-28(19,29)5/h8,10,12-13,18-19,21,26,32H,6-7,9,11,14-15H2,1-5H3/t18-,19-,21-,26+,27-,28-,29+/m0/s1. The third kappa shape index (κ3) is 4.25. The van der Waals surface area contributed by atoms with Crippen molar-refractivity contribution in [1.82, 2.24) is 0 Å². The Kier molecular flexibility index (Phi) is 7.29. The van der Waals surface area contributed by atoms with Gasteiger partial charge in [-0.1, -0.05) is 33.8 Å². The highest BCUT2D eigenvalue weighted by Gasteiger charge is 2.70. The van der Waals surface area contributed by atoms with Gasteiger partial charge in [-0.15, -0.1) is 0 Å². The quantitative estimate of drug-likeness (QED) is 0.391. The Bertz CT molecular complexity index is 1160. The van der Waals surface area contributed by atoms with E-state index in [1.54, 1.807) is 26.0 Å². The molecule has 7 atom stereocenters. The molecule has 9 nitrogen and oxygen atoms in total. The van der Waals surface area contributed by atoms with Crippen LogP contribution in [0.3, 0.4) is 0 Å². The molecular weight excluding hydrogens is 492 g/mol. The van der Waals surface area contributed by atoms with E-state index in [-0.39, 0.29) is 55.0 Å². The topological polar surface area (TPSA) is 133 Å². The monoisotopic (exact) mass is 528 g/mol. The van der Waals surface area contributed by atoms with E-state index in [0.717, 1.165) is 0 Å². The molecular formula is C29H36O9. The number of allylic oxidation sites excluding steroid dienone is 5. The van der Waals surface area contributed by atoms with Gasteiger partial charge in [0.05, 0.1) is 6.10 Å². The minimum absolute atomic E-state index is 0.0562. The number of fused-ring (bicyclic) bond motifs is 5. The molecule has 1 N–H and O–H groups in total. The minimum atomic E-state index is -1.59. The summed E-state index contributed by atoms with van der Waals surface area (Å²) in [5, 5.41) is 11.7. The predicted molar refractivity (Wildman–Crippen MR) is 134 cm³/mol. The van der Waals surface area contributed by atoms with Gasteiger partial charge in [0.2, 0.25) is 5.78 Å². The van der Waals surface area contributed by atoms with Crippen molar-refractivity contribution in [3.8, 4) is 0 Å². The summed E-state index contributed by atoms with van der Waals surface area (Å²) in [4.78, 5) is 62.5. The third-order valence-corrected chi connectivity index (χ3v) is 9.17. The van der Waals surface area contributed by atoms with Gasteiger partial charge >= 0.3 is 17.9 Å². The van der Waals surface area contributed by atoms with Gasteiger partial charge in [-0.05, 0) is 49.3 Å². The number of esters is 3. The highest BCUT2D eigenvalue weighted by atomic mass is 16.6. The van der Waals surface area contributed by atoms with Gasteiger partial charge in [0, 0.05) is 42.1 Å². The molecule has 0 amide bonds. The van der Waals surface area contributed by atoms with Crippen LogP contribution in [-0.4, -0.2) is 52.9 Å². The van der Waals surface area contributed by atoms with Crippen molar-refractivity contribution in [1.29, 1.82) is 0 Å². The highest BCUT2D eigenvalue weighted by Crippen LogP contribution is 2.67. The van der Waals surface area contributed by atoms with Crippen molar-refractivity contribution in [2.24, 2.45) is 28.6 Å². The van der Waals surface area contributed by atoms with Gasteiger partial charge in [0.15, 0.2) is 18.0 Å². The van der Waals surface area contributed by atoms with E-state index in [1.165, 1.54) is 19.1 Å². The number of carbonyl (C=O) groups is 5. The number of rotatable bonds is 7. The lowest BCUT2D eigenvalue weighted by molar-refractivity contribution is -0.197. The highest BCUT2D eigenvalue weighted by molar-refractivity contribution is 6.02. The van der Waals surface area contributed by atoms with Crippen molar-refractivity contribution in [2.75, 3.05) is 6.61 Å². The molecule has 4 aliphatic carbocycles. The van der Waals surface area contributed by atoms with Crippen LogP contribution in [0.4, 0.5) is 0 Å². The van der Waals surface area contributed by atoms with E-state index < -0.39 is 52.8 Å². The van der Waals surface area contributed by atoms with Gasteiger partial charge in [-0.2, -0.15) is 0 Å². The maximum absolute atomic E-state index is 13.7. The molecule has 0 saturated heterocycles. The van der Waals surface area contributed by atoms with E-state index in [9.17, 15) is 29.1 Å². The first kappa shape index (κ1) is 28.0. The molecule has 0 aromatic carbocycles. The zero-order valence-electron chi connectivity index (χ0n) is 22.6. The molecule has 206 valence electrons. The largest absolute Gasteiger partial charge is 0.457 e. The molecule has 9 heteroatoms. The van der Waals surface area contributed by atoms with E-state index in [2.05, 4.69) is 0 Å². The first-order valence-corrected chi connectivity index (χ1v) is 13.3. The number of carbonyl (C=O) groups excluding carboxylic acids is 5. The Hall–Kier alpha value is -3.07. The zero-order chi connectivity index (χ0) is 28.0. The summed E-state index contributed by atoms with van der Waals surface area (Å²) in [6.45, 7) is 7.78. The maximum Gasteiger partial charge on any atom is 0.308 e. The summed E-state index contributed by atoms with van der Waals surface area (Å²) in [5.74, 6) is -3.07. The van der Waals surface area contributed by atoms with Crippen LogP contribution < -0.4 is 0 Å². The number of Topliss-reactive ketones (excluding diaryl/α,β-unsaturated/α-hetero) is 1. The number of ether oxygens (including phenoxy) is 3. The molecule has 4 rings (SSSR count). The Morgan fingerprint density at radius 1 is 1.11 bits per heavy atom. The van der Waals surface area contributed by atoms with Crippen molar-refractivity contribution in [2.45, 2.75) is 78.4 Å². The lowest BCUT2D eigenvalue weighted by atomic mass is 9.47. The van der Waals surface area contributed by atoms with Gasteiger partial charge in [0.25, 0.3) is 0 Å². The maximum atomic E-state index is 13.7. The normalized spacial score (nSPS) is 37.2. The van der Waals surface area contributed by atoms with Crippen molar-refractivity contribution in [3.05, 3.63) is 35.6 Å². The Morgan fingerprint density at radius 3 is 2.42 bits per heavy atom. The molecule has 0 spiro atoms. The SMILES string of the molecule is CCC(=O)OCC(=O)[C@]1(OC(=O)CC)CC[C@H]2[C@@H]3C=C(OC(C)=O)C4=CC(=O)C=C[C@]4(C)[C@H]3[C@@H](O)C[C@@]21C. The van der Waals surface area contributed by atoms with Gasteiger partial charge < -0.3 is 19.3 Å². The Labute approximate surface area is 222 Å². The second-order valence-corrected chi connectivity index (χ2v) is 11.2. The van der Waals surface area contributed by atoms with Crippen LogP contribution >= 0.6 is 0 Å². The number of ketones is 2. The first-order valence-electron chi connectivity index (χ1n) is 13.3. The minimum Gasteiger partial charge on any atom is -0.457 e. The molecule has 0 aliphatic heterocycles. The molecule has 4 aliphatic rings. The average molecular weight is 529 g/mol. The van der Waals surface area contributed by atoms with Crippen LogP contribution in [0.25, 0.3) is 0 Å². The summed E-state index contributed by atoms with van der Waals surface area (Å²) in [7, 11) is 0. The number of hydrogen-bond acceptors (Lipinski definition) is 9. The third-order valence-electron chi connectivity index (χ3n) is 9.17. The second kappa shape index (κ2) is 9.91. The van der Waals surface area contributed by atoms with Gasteiger partial charge in [-0.3, -0.25) is 24.0 Å². The molecule has 0 bridgehead atoms. The number of hydrogen-bond donors (Lipinski definition) is 1. The van der Waals surface area contributed by atoms with E-state index in [1.807, 2.05) is 13.8 Å². The number of aliphatic hydroxyl groups excluding tert-OH is 1. The molecule has 0 radical (unpaired) electrons. The Balaban J connectivity index is 1.82. The number of aliphatic hydroxyl groups is 1. The van der Waals surface area contributed by atoms with Crippen LogP contribution in [0.5, 0.6) is 0 Å². The fourth-order valence-electron chi connectivity index (χ4n) is 7.42. The van der Waals surface area contributed by atoms with Gasteiger partial charge in [-0.25, -0.2) is 0 Å². The summed E-state index contributed by atoms with van der Waals surface area (Å²) in [5.41, 5.74) is -2.84. The van der Waals surface area contributed by atoms with Crippen molar-refractivity contribution >= 4 is 29.5 Å². The molecule has 2 fully saturated rings. The predicted octanol–water partition coefficient (Wildman–Crippen LogP) is 3.15. The van der Waals surface area contributed by atoms with Crippen LogP contribution in [0.2, 0.25) is 0 Å². The summed E-state index contributed by atoms with van der Waals surface area (Å²) in [6, 6.07) is 0. The molecule has 0 aromatic heterocycles. The molecule has 0 unspecified atom stereocenters. The van der Waals surface area contributed by atoms with Crippen LogP contribution in [0.15, 0.2) is 35.6 Å². The molecule has 0 heterocycles. The summed E-state index contributed by atoms with van der Waals surface area (Å²) < 4.78 is 16.7. The average Bonchev–Trinajstić information content (AvgIpc) is 3.14. The first-order chi connectivity index (χ1) is 17.8. The van der Waals surface area contributed by atoms with Gasteiger partial charge in [0.1, 0.15) is 5.76 Å². The fraction of sp³-hybridized carbons (Fsp3) is 0.621. The van der Waals surface area contributed by atoms with Crippen molar-refractivity contribution in [3.63, 3.8) is 0 Å². The lowest BCUT2D eigenvalue weighted by Gasteiger charge is -2.58. The fourth-order valence-corrected chi connectivity index (χ4v) is 7.42. The van der Waals surface area contributed by atoms with E-state index in [4.69, 9.17) is 14.2 Å². The molecule has 0 aromatic rings. The second-order valence-electron chi connectivity index (χ2n) is 11.2. The molecule has 38 heavy (non-hydrogen) atoms. The van der Waals surface area contributed by atoms with E-state index in [0.29, 0.717) is 12.0 Å². The summed E-state index contributed by atoms with van der Waals surface area (Å²) in [6.07, 6.45) is 6.54.